The van der Waals surface area contributed by atoms with Crippen LogP contribution in [0, 0.1) is 11.6 Å². The van der Waals surface area contributed by atoms with Crippen molar-refractivity contribution < 1.29 is 8.78 Å². The van der Waals surface area contributed by atoms with E-state index in [1.807, 2.05) is 0 Å². The molecule has 0 fully saturated rings. The topological polar surface area (TPSA) is 28.7 Å². The predicted octanol–water partition coefficient (Wildman–Crippen LogP) is 1.84. The highest BCUT2D eigenvalue weighted by Crippen LogP contribution is 2.15. The van der Waals surface area contributed by atoms with E-state index in [4.69, 9.17) is 0 Å². The van der Waals surface area contributed by atoms with Gasteiger partial charge in [0.05, 0.1) is 17.1 Å². The fraction of sp³-hybridized carbons (Fsp3) is 0. The third-order valence-corrected chi connectivity index (χ3v) is 1.47. The Morgan fingerprint density at radius 2 is 2.09 bits per heavy atom. The third kappa shape index (κ3) is 0.869. The number of hydrogen-bond donors (Lipinski definition) is 1. The van der Waals surface area contributed by atoms with E-state index in [1.165, 1.54) is 12.3 Å². The van der Waals surface area contributed by atoms with Crippen molar-refractivity contribution in [1.82, 2.24) is 10.2 Å². The SMILES string of the molecule is Fc1cc(F)c2cn[nH]c2c1. The second-order valence-corrected chi connectivity index (χ2v) is 2.22. The summed E-state index contributed by atoms with van der Waals surface area (Å²) in [4.78, 5) is 0. The molecule has 0 bridgehead atoms. The molecule has 2 nitrogen and oxygen atoms in total. The van der Waals surface area contributed by atoms with Crippen molar-refractivity contribution in [3.8, 4) is 0 Å². The maximum absolute atomic E-state index is 12.8. The number of benzene rings is 1. The van der Waals surface area contributed by atoms with Crippen LogP contribution in [0.5, 0.6) is 0 Å². The van der Waals surface area contributed by atoms with Crippen molar-refractivity contribution in [2.75, 3.05) is 0 Å². The van der Waals surface area contributed by atoms with Crippen molar-refractivity contribution in [2.45, 2.75) is 0 Å². The van der Waals surface area contributed by atoms with Gasteiger partial charge in [0, 0.05) is 6.07 Å². The third-order valence-electron chi connectivity index (χ3n) is 1.47. The van der Waals surface area contributed by atoms with Crippen molar-refractivity contribution >= 4 is 10.9 Å². The van der Waals surface area contributed by atoms with Gasteiger partial charge in [-0.1, -0.05) is 0 Å². The summed E-state index contributed by atoms with van der Waals surface area (Å²) in [6, 6.07) is 2.03. The number of nitrogens with zero attached hydrogens (tertiary/aromatic N) is 1. The van der Waals surface area contributed by atoms with E-state index in [-0.39, 0.29) is 0 Å². The van der Waals surface area contributed by atoms with Crippen LogP contribution in [0.1, 0.15) is 0 Å². The van der Waals surface area contributed by atoms with Crippen molar-refractivity contribution in [1.29, 1.82) is 0 Å². The lowest BCUT2D eigenvalue weighted by molar-refractivity contribution is 0.592. The first-order valence-electron chi connectivity index (χ1n) is 3.05. The van der Waals surface area contributed by atoms with Gasteiger partial charge in [-0.05, 0) is 6.07 Å². The van der Waals surface area contributed by atoms with Gasteiger partial charge in [-0.3, -0.25) is 5.10 Å². The summed E-state index contributed by atoms with van der Waals surface area (Å²) in [5.41, 5.74) is 0.377. The quantitative estimate of drug-likeness (QED) is 0.616. The van der Waals surface area contributed by atoms with Crippen LogP contribution in [0.25, 0.3) is 10.9 Å². The van der Waals surface area contributed by atoms with Crippen LogP contribution >= 0.6 is 0 Å². The molecule has 0 spiro atoms. The standard InChI is InChI=1S/C7H4F2N2/c8-4-1-6(9)5-3-10-11-7(5)2-4/h1-3H,(H,10,11). The van der Waals surface area contributed by atoms with Crippen LogP contribution in [0.2, 0.25) is 0 Å². The smallest absolute Gasteiger partial charge is 0.137 e. The number of H-pyrrole nitrogens is 1. The predicted molar refractivity (Wildman–Crippen MR) is 36.0 cm³/mol. The number of aromatic nitrogens is 2. The lowest BCUT2D eigenvalue weighted by Gasteiger charge is -1.90. The van der Waals surface area contributed by atoms with Gasteiger partial charge in [-0.15, -0.1) is 0 Å². The largest absolute Gasteiger partial charge is 0.278 e. The van der Waals surface area contributed by atoms with Gasteiger partial charge in [0.1, 0.15) is 11.6 Å². The first-order valence-corrected chi connectivity index (χ1v) is 3.05. The van der Waals surface area contributed by atoms with Gasteiger partial charge in [0.25, 0.3) is 0 Å². The molecule has 0 atom stereocenters. The summed E-state index contributed by atoms with van der Waals surface area (Å²) in [6.07, 6.45) is 1.32. The van der Waals surface area contributed by atoms with E-state index in [0.29, 0.717) is 10.9 Å². The Balaban J connectivity index is 2.91. The fourth-order valence-electron chi connectivity index (χ4n) is 0.975. The minimum absolute atomic E-state index is 0.311. The zero-order valence-corrected chi connectivity index (χ0v) is 5.44. The van der Waals surface area contributed by atoms with Crippen LogP contribution in [-0.4, -0.2) is 10.2 Å². The molecule has 0 radical (unpaired) electrons. The van der Waals surface area contributed by atoms with Crippen LogP contribution in [-0.2, 0) is 0 Å². The molecule has 0 unspecified atom stereocenters. The highest BCUT2D eigenvalue weighted by atomic mass is 19.1. The monoisotopic (exact) mass is 154 g/mol. The van der Waals surface area contributed by atoms with E-state index >= 15 is 0 Å². The minimum Gasteiger partial charge on any atom is -0.278 e. The van der Waals surface area contributed by atoms with E-state index in [0.717, 1.165) is 6.07 Å². The van der Waals surface area contributed by atoms with Crippen LogP contribution in [0.3, 0.4) is 0 Å². The Labute approximate surface area is 60.8 Å². The Bertz CT molecular complexity index is 394. The second kappa shape index (κ2) is 2.02. The molecular weight excluding hydrogens is 150 g/mol. The molecule has 1 aromatic heterocycles. The Hall–Kier alpha value is -1.45. The lowest BCUT2D eigenvalue weighted by Crippen LogP contribution is -1.79. The van der Waals surface area contributed by atoms with Crippen molar-refractivity contribution in [3.05, 3.63) is 30.0 Å². The average Bonchev–Trinajstić information content (AvgIpc) is 2.34. The molecule has 0 saturated heterocycles. The van der Waals surface area contributed by atoms with Gasteiger partial charge >= 0.3 is 0 Å². The molecule has 4 heteroatoms. The number of hydrogen-bond acceptors (Lipinski definition) is 1. The van der Waals surface area contributed by atoms with Crippen LogP contribution in [0.4, 0.5) is 8.78 Å². The van der Waals surface area contributed by atoms with Crippen molar-refractivity contribution in [3.63, 3.8) is 0 Å². The van der Waals surface area contributed by atoms with E-state index < -0.39 is 11.6 Å². The zero-order chi connectivity index (χ0) is 7.84. The molecule has 1 aromatic carbocycles. The summed E-state index contributed by atoms with van der Waals surface area (Å²) < 4.78 is 25.3. The number of aromatic amines is 1. The Morgan fingerprint density at radius 1 is 1.27 bits per heavy atom. The van der Waals surface area contributed by atoms with Crippen LogP contribution in [0.15, 0.2) is 18.3 Å². The molecule has 0 aliphatic rings. The lowest BCUT2D eigenvalue weighted by atomic mass is 10.2. The normalized spacial score (nSPS) is 10.7. The summed E-state index contributed by atoms with van der Waals surface area (Å²) in [6.45, 7) is 0. The number of rotatable bonds is 0. The minimum atomic E-state index is -0.598. The van der Waals surface area contributed by atoms with E-state index in [1.54, 1.807) is 0 Å². The summed E-state index contributed by atoms with van der Waals surface area (Å²) in [7, 11) is 0. The molecule has 1 heterocycles. The molecule has 1 N–H and O–H groups in total. The molecule has 56 valence electrons. The molecule has 0 saturated carbocycles. The van der Waals surface area contributed by atoms with E-state index in [2.05, 4.69) is 10.2 Å². The van der Waals surface area contributed by atoms with Gasteiger partial charge in [0.2, 0.25) is 0 Å². The molecule has 2 aromatic rings. The molecule has 0 aliphatic carbocycles. The van der Waals surface area contributed by atoms with Gasteiger partial charge in [0.15, 0.2) is 0 Å². The summed E-state index contributed by atoms with van der Waals surface area (Å²) in [5.74, 6) is -1.19. The molecular formula is C7H4F2N2. The molecule has 11 heavy (non-hydrogen) atoms. The first kappa shape index (κ1) is 6.27. The molecule has 0 amide bonds. The highest BCUT2D eigenvalue weighted by molar-refractivity contribution is 5.78. The average molecular weight is 154 g/mol. The Morgan fingerprint density at radius 3 is 2.91 bits per heavy atom. The van der Waals surface area contributed by atoms with Crippen molar-refractivity contribution in [2.24, 2.45) is 0 Å². The molecule has 0 aliphatic heterocycles. The van der Waals surface area contributed by atoms with Gasteiger partial charge < -0.3 is 0 Å². The maximum Gasteiger partial charge on any atom is 0.137 e. The first-order chi connectivity index (χ1) is 5.27. The Kier molecular flexibility index (Phi) is 1.15. The summed E-state index contributed by atoms with van der Waals surface area (Å²) in [5, 5.41) is 6.35. The number of fused-ring (bicyclic) bond motifs is 1. The van der Waals surface area contributed by atoms with Crippen LogP contribution < -0.4 is 0 Å². The maximum atomic E-state index is 12.8. The number of halogens is 2. The second-order valence-electron chi connectivity index (χ2n) is 2.22. The fourth-order valence-corrected chi connectivity index (χ4v) is 0.975. The van der Waals surface area contributed by atoms with E-state index in [9.17, 15) is 8.78 Å². The number of nitrogens with one attached hydrogen (secondary N) is 1. The summed E-state index contributed by atoms with van der Waals surface area (Å²) >= 11 is 0. The van der Waals surface area contributed by atoms with Gasteiger partial charge in [-0.2, -0.15) is 5.10 Å². The zero-order valence-electron chi connectivity index (χ0n) is 5.44. The molecule has 2 rings (SSSR count). The highest BCUT2D eigenvalue weighted by Gasteiger charge is 2.03. The van der Waals surface area contributed by atoms with Gasteiger partial charge in [-0.25, -0.2) is 8.78 Å².